The van der Waals surface area contributed by atoms with Gasteiger partial charge in [-0.05, 0) is 52.9 Å². The molecule has 0 aromatic heterocycles. The molecule has 0 fully saturated rings. The summed E-state index contributed by atoms with van der Waals surface area (Å²) in [6, 6.07) is 13.9. The summed E-state index contributed by atoms with van der Waals surface area (Å²) in [5, 5.41) is 0. The van der Waals surface area contributed by atoms with Gasteiger partial charge in [0.05, 0.1) is 12.0 Å². The zero-order valence-electron chi connectivity index (χ0n) is 9.31. The average Bonchev–Trinajstić information content (AvgIpc) is 2.33. The van der Waals surface area contributed by atoms with Crippen LogP contribution in [0.2, 0.25) is 0 Å². The van der Waals surface area contributed by atoms with E-state index < -0.39 is 0 Å². The molecule has 0 unspecified atom stereocenters. The first-order valence-corrected chi connectivity index (χ1v) is 6.96. The van der Waals surface area contributed by atoms with E-state index in [1.807, 2.05) is 36.4 Å². The van der Waals surface area contributed by atoms with Crippen LogP contribution in [-0.2, 0) is 0 Å². The second-order valence-electron chi connectivity index (χ2n) is 3.44. The number of benzene rings is 2. The molecule has 2 N–H and O–H groups in total. The standard InChI is InChI=1S/C13H12INOS/c1-16-11-4-2-3-5-13(11)17-12-7-6-9(15)8-10(12)14/h2-8H,15H2,1H3. The second-order valence-corrected chi connectivity index (χ2v) is 5.69. The Balaban J connectivity index is 2.31. The van der Waals surface area contributed by atoms with Crippen LogP contribution in [0.1, 0.15) is 0 Å². The fourth-order valence-electron chi connectivity index (χ4n) is 1.42. The minimum absolute atomic E-state index is 0.791. The van der Waals surface area contributed by atoms with Gasteiger partial charge in [0.2, 0.25) is 0 Å². The van der Waals surface area contributed by atoms with Gasteiger partial charge in [0.1, 0.15) is 5.75 Å². The van der Waals surface area contributed by atoms with Gasteiger partial charge in [-0.1, -0.05) is 23.9 Å². The van der Waals surface area contributed by atoms with Gasteiger partial charge in [-0.15, -0.1) is 0 Å². The third kappa shape index (κ3) is 3.07. The molecule has 0 aliphatic heterocycles. The Morgan fingerprint density at radius 3 is 2.59 bits per heavy atom. The maximum Gasteiger partial charge on any atom is 0.132 e. The van der Waals surface area contributed by atoms with Crippen molar-refractivity contribution in [2.45, 2.75) is 9.79 Å². The maximum atomic E-state index is 5.74. The van der Waals surface area contributed by atoms with E-state index in [1.54, 1.807) is 18.9 Å². The summed E-state index contributed by atoms with van der Waals surface area (Å²) in [6.07, 6.45) is 0. The lowest BCUT2D eigenvalue weighted by Gasteiger charge is -2.09. The van der Waals surface area contributed by atoms with Gasteiger partial charge in [0.25, 0.3) is 0 Å². The van der Waals surface area contributed by atoms with Gasteiger partial charge in [-0.2, -0.15) is 0 Å². The average molecular weight is 357 g/mol. The zero-order chi connectivity index (χ0) is 12.3. The number of anilines is 1. The first-order chi connectivity index (χ1) is 8.20. The van der Waals surface area contributed by atoms with Crippen molar-refractivity contribution in [3.05, 3.63) is 46.0 Å². The summed E-state index contributed by atoms with van der Waals surface area (Å²) < 4.78 is 6.48. The van der Waals surface area contributed by atoms with Crippen molar-refractivity contribution >= 4 is 40.0 Å². The lowest BCUT2D eigenvalue weighted by atomic mass is 10.3. The van der Waals surface area contributed by atoms with Crippen LogP contribution in [0.15, 0.2) is 52.3 Å². The van der Waals surface area contributed by atoms with Crippen molar-refractivity contribution in [2.24, 2.45) is 0 Å². The van der Waals surface area contributed by atoms with E-state index in [9.17, 15) is 0 Å². The smallest absolute Gasteiger partial charge is 0.132 e. The number of ether oxygens (including phenoxy) is 1. The normalized spacial score (nSPS) is 10.2. The van der Waals surface area contributed by atoms with E-state index in [0.29, 0.717) is 0 Å². The lowest BCUT2D eigenvalue weighted by Crippen LogP contribution is -1.88. The molecule has 0 saturated heterocycles. The third-order valence-corrected chi connectivity index (χ3v) is 4.64. The van der Waals surface area contributed by atoms with Gasteiger partial charge < -0.3 is 10.5 Å². The number of halogens is 1. The summed E-state index contributed by atoms with van der Waals surface area (Å²) in [4.78, 5) is 2.29. The number of rotatable bonds is 3. The van der Waals surface area contributed by atoms with E-state index in [0.717, 1.165) is 19.9 Å². The molecule has 0 heterocycles. The Labute approximate surface area is 119 Å². The highest BCUT2D eigenvalue weighted by atomic mass is 127. The summed E-state index contributed by atoms with van der Waals surface area (Å²) in [6.45, 7) is 0. The van der Waals surface area contributed by atoms with Crippen molar-refractivity contribution in [2.75, 3.05) is 12.8 Å². The number of nitrogens with two attached hydrogens (primary N) is 1. The fraction of sp³-hybridized carbons (Fsp3) is 0.0769. The Bertz CT molecular complexity index is 531. The molecule has 0 radical (unpaired) electrons. The zero-order valence-corrected chi connectivity index (χ0v) is 12.3. The molecule has 0 aliphatic rings. The molecule has 2 rings (SSSR count). The molecule has 2 aromatic rings. The monoisotopic (exact) mass is 357 g/mol. The van der Waals surface area contributed by atoms with Crippen LogP contribution in [0, 0.1) is 3.57 Å². The predicted octanol–water partition coefficient (Wildman–Crippen LogP) is 4.03. The number of para-hydroxylation sites is 1. The van der Waals surface area contributed by atoms with E-state index in [2.05, 4.69) is 28.7 Å². The van der Waals surface area contributed by atoms with Crippen LogP contribution >= 0.6 is 34.4 Å². The quantitative estimate of drug-likeness (QED) is 0.665. The van der Waals surface area contributed by atoms with E-state index >= 15 is 0 Å². The Hall–Kier alpha value is -0.880. The van der Waals surface area contributed by atoms with Crippen molar-refractivity contribution in [1.29, 1.82) is 0 Å². The highest BCUT2D eigenvalue weighted by molar-refractivity contribution is 14.1. The van der Waals surface area contributed by atoms with Crippen LogP contribution in [0.5, 0.6) is 5.75 Å². The van der Waals surface area contributed by atoms with Crippen LogP contribution in [0.4, 0.5) is 5.69 Å². The van der Waals surface area contributed by atoms with E-state index in [1.165, 1.54) is 4.90 Å². The van der Waals surface area contributed by atoms with Crippen molar-refractivity contribution in [1.82, 2.24) is 0 Å². The first kappa shape index (κ1) is 12.6. The number of hydrogen-bond acceptors (Lipinski definition) is 3. The summed E-state index contributed by atoms with van der Waals surface area (Å²) in [7, 11) is 1.69. The van der Waals surface area contributed by atoms with Crippen molar-refractivity contribution < 1.29 is 4.74 Å². The van der Waals surface area contributed by atoms with Gasteiger partial charge in [0, 0.05) is 14.2 Å². The predicted molar refractivity (Wildman–Crippen MR) is 80.7 cm³/mol. The third-order valence-electron chi connectivity index (χ3n) is 2.24. The minimum atomic E-state index is 0.791. The van der Waals surface area contributed by atoms with Crippen LogP contribution in [0.3, 0.4) is 0 Å². The maximum absolute atomic E-state index is 5.74. The molecule has 4 heteroatoms. The molecule has 0 atom stereocenters. The largest absolute Gasteiger partial charge is 0.496 e. The molecule has 2 nitrogen and oxygen atoms in total. The number of hydrogen-bond donors (Lipinski definition) is 1. The highest BCUT2D eigenvalue weighted by Crippen LogP contribution is 2.37. The van der Waals surface area contributed by atoms with Crippen molar-refractivity contribution in [3.8, 4) is 5.75 Å². The van der Waals surface area contributed by atoms with Gasteiger partial charge >= 0.3 is 0 Å². The number of methoxy groups -OCH3 is 1. The van der Waals surface area contributed by atoms with Gasteiger partial charge in [-0.3, -0.25) is 0 Å². The lowest BCUT2D eigenvalue weighted by molar-refractivity contribution is 0.405. The fourth-order valence-corrected chi connectivity index (χ4v) is 3.22. The molecular weight excluding hydrogens is 345 g/mol. The molecule has 0 amide bonds. The number of nitrogen functional groups attached to an aromatic ring is 1. The Morgan fingerprint density at radius 1 is 1.12 bits per heavy atom. The molecule has 0 saturated carbocycles. The van der Waals surface area contributed by atoms with E-state index in [-0.39, 0.29) is 0 Å². The first-order valence-electron chi connectivity index (χ1n) is 5.06. The molecule has 88 valence electrons. The van der Waals surface area contributed by atoms with Gasteiger partial charge in [0.15, 0.2) is 0 Å². The van der Waals surface area contributed by atoms with Gasteiger partial charge in [-0.25, -0.2) is 0 Å². The summed E-state index contributed by atoms with van der Waals surface area (Å²) >= 11 is 3.98. The second kappa shape index (κ2) is 5.64. The molecule has 0 bridgehead atoms. The SMILES string of the molecule is COc1ccccc1Sc1ccc(N)cc1I. The Kier molecular flexibility index (Phi) is 4.17. The molecule has 17 heavy (non-hydrogen) atoms. The van der Waals surface area contributed by atoms with Crippen LogP contribution < -0.4 is 10.5 Å². The Morgan fingerprint density at radius 2 is 1.88 bits per heavy atom. The summed E-state index contributed by atoms with van der Waals surface area (Å²) in [5.41, 5.74) is 6.53. The minimum Gasteiger partial charge on any atom is -0.496 e. The van der Waals surface area contributed by atoms with E-state index in [4.69, 9.17) is 10.5 Å². The topological polar surface area (TPSA) is 35.2 Å². The molecule has 2 aromatic carbocycles. The highest BCUT2D eigenvalue weighted by Gasteiger charge is 2.06. The molecule has 0 spiro atoms. The van der Waals surface area contributed by atoms with Crippen LogP contribution in [-0.4, -0.2) is 7.11 Å². The molecular formula is C13H12INOS. The van der Waals surface area contributed by atoms with Crippen LogP contribution in [0.25, 0.3) is 0 Å². The molecule has 0 aliphatic carbocycles. The van der Waals surface area contributed by atoms with Crippen molar-refractivity contribution in [3.63, 3.8) is 0 Å². The summed E-state index contributed by atoms with van der Waals surface area (Å²) in [5.74, 6) is 0.894.